The Hall–Kier alpha value is -1.64. The third-order valence-electron chi connectivity index (χ3n) is 5.08. The first kappa shape index (κ1) is 17.2. The Labute approximate surface area is 146 Å². The Kier molecular flexibility index (Phi) is 6.06. The minimum absolute atomic E-state index is 0.669. The molecule has 0 unspecified atom stereocenters. The van der Waals surface area contributed by atoms with Gasteiger partial charge < -0.3 is 10.6 Å². The van der Waals surface area contributed by atoms with Crippen LogP contribution < -0.4 is 10.6 Å². The van der Waals surface area contributed by atoms with E-state index in [0.29, 0.717) is 12.1 Å². The highest BCUT2D eigenvalue weighted by molar-refractivity contribution is 5.22. The molecule has 0 amide bonds. The van der Waals surface area contributed by atoms with E-state index < -0.39 is 0 Å². The van der Waals surface area contributed by atoms with Crippen LogP contribution in [-0.2, 0) is 13.1 Å². The number of rotatable bonds is 6. The Balaban J connectivity index is 1.38. The number of nitrogens with one attached hydrogen (secondary N) is 2. The van der Waals surface area contributed by atoms with Crippen molar-refractivity contribution < 1.29 is 0 Å². The number of benzene rings is 2. The lowest BCUT2D eigenvalue weighted by Crippen LogP contribution is -2.39. The van der Waals surface area contributed by atoms with E-state index in [1.54, 1.807) is 0 Å². The molecule has 2 heteroatoms. The van der Waals surface area contributed by atoms with E-state index in [2.05, 4.69) is 73.0 Å². The first-order valence-corrected chi connectivity index (χ1v) is 9.27. The maximum absolute atomic E-state index is 3.74. The molecule has 0 aromatic heterocycles. The summed E-state index contributed by atoms with van der Waals surface area (Å²) in [6.45, 7) is 6.31. The second-order valence-corrected chi connectivity index (χ2v) is 7.29. The molecule has 0 heterocycles. The molecule has 1 aliphatic carbocycles. The zero-order valence-corrected chi connectivity index (χ0v) is 15.0. The van der Waals surface area contributed by atoms with Crippen molar-refractivity contribution in [3.63, 3.8) is 0 Å². The lowest BCUT2D eigenvalue weighted by atomic mass is 9.91. The zero-order valence-electron chi connectivity index (χ0n) is 15.0. The summed E-state index contributed by atoms with van der Waals surface area (Å²) in [7, 11) is 0. The monoisotopic (exact) mass is 322 g/mol. The minimum Gasteiger partial charge on any atom is -0.310 e. The molecule has 1 aliphatic rings. The highest BCUT2D eigenvalue weighted by Crippen LogP contribution is 2.20. The van der Waals surface area contributed by atoms with Gasteiger partial charge in [-0.25, -0.2) is 0 Å². The normalized spacial score (nSPS) is 20.9. The molecule has 0 aliphatic heterocycles. The third-order valence-corrected chi connectivity index (χ3v) is 5.08. The average molecular weight is 322 g/mol. The van der Waals surface area contributed by atoms with Crippen molar-refractivity contribution >= 4 is 0 Å². The van der Waals surface area contributed by atoms with Crippen molar-refractivity contribution in [3.8, 4) is 0 Å². The van der Waals surface area contributed by atoms with Gasteiger partial charge in [-0.3, -0.25) is 0 Å². The largest absolute Gasteiger partial charge is 0.310 e. The first-order valence-electron chi connectivity index (χ1n) is 9.27. The molecule has 2 aromatic carbocycles. The maximum Gasteiger partial charge on any atom is 0.0208 e. The third kappa shape index (κ3) is 5.19. The first-order chi connectivity index (χ1) is 11.7. The van der Waals surface area contributed by atoms with Crippen LogP contribution in [-0.4, -0.2) is 12.1 Å². The van der Waals surface area contributed by atoms with E-state index in [0.717, 1.165) is 13.1 Å². The van der Waals surface area contributed by atoms with Gasteiger partial charge in [0.05, 0.1) is 0 Å². The quantitative estimate of drug-likeness (QED) is 0.818. The number of aryl methyl sites for hydroxylation is 2. The molecule has 2 N–H and O–H groups in total. The van der Waals surface area contributed by atoms with Crippen LogP contribution in [0.1, 0.15) is 47.9 Å². The van der Waals surface area contributed by atoms with Gasteiger partial charge in [-0.2, -0.15) is 0 Å². The van der Waals surface area contributed by atoms with Gasteiger partial charge in [-0.1, -0.05) is 59.7 Å². The van der Waals surface area contributed by atoms with Gasteiger partial charge in [-0.05, 0) is 50.7 Å². The van der Waals surface area contributed by atoms with Crippen molar-refractivity contribution in [2.45, 2.75) is 64.7 Å². The van der Waals surface area contributed by atoms with Gasteiger partial charge in [0.25, 0.3) is 0 Å². The molecule has 128 valence electrons. The molecule has 1 fully saturated rings. The lowest BCUT2D eigenvalue weighted by Gasteiger charge is -2.30. The second-order valence-electron chi connectivity index (χ2n) is 7.29. The van der Waals surface area contributed by atoms with Crippen LogP contribution in [0.4, 0.5) is 0 Å². The second kappa shape index (κ2) is 8.46. The van der Waals surface area contributed by atoms with E-state index in [1.807, 2.05) is 0 Å². The van der Waals surface area contributed by atoms with Gasteiger partial charge in [0.1, 0.15) is 0 Å². The van der Waals surface area contributed by atoms with E-state index in [4.69, 9.17) is 0 Å². The SMILES string of the molecule is Cc1cccc(CNC2CCC(NCc3cccc(C)c3)CC2)c1. The number of hydrogen-bond acceptors (Lipinski definition) is 2. The fourth-order valence-corrected chi connectivity index (χ4v) is 3.67. The lowest BCUT2D eigenvalue weighted by molar-refractivity contribution is 0.305. The molecule has 0 bridgehead atoms. The predicted octanol–water partition coefficient (Wildman–Crippen LogP) is 4.49. The van der Waals surface area contributed by atoms with Crippen molar-refractivity contribution in [1.29, 1.82) is 0 Å². The summed E-state index contributed by atoms with van der Waals surface area (Å²) in [6, 6.07) is 19.0. The Morgan fingerprint density at radius 3 is 1.50 bits per heavy atom. The smallest absolute Gasteiger partial charge is 0.0208 e. The van der Waals surface area contributed by atoms with Crippen LogP contribution in [0, 0.1) is 13.8 Å². The molecule has 2 nitrogen and oxygen atoms in total. The van der Waals surface area contributed by atoms with Gasteiger partial charge in [0, 0.05) is 25.2 Å². The van der Waals surface area contributed by atoms with E-state index in [1.165, 1.54) is 47.9 Å². The fourth-order valence-electron chi connectivity index (χ4n) is 3.67. The van der Waals surface area contributed by atoms with Gasteiger partial charge in [0.15, 0.2) is 0 Å². The van der Waals surface area contributed by atoms with Gasteiger partial charge in [0.2, 0.25) is 0 Å². The molecule has 1 saturated carbocycles. The van der Waals surface area contributed by atoms with Crippen LogP contribution >= 0.6 is 0 Å². The van der Waals surface area contributed by atoms with Crippen LogP contribution in [0.25, 0.3) is 0 Å². The summed E-state index contributed by atoms with van der Waals surface area (Å²) >= 11 is 0. The van der Waals surface area contributed by atoms with Gasteiger partial charge >= 0.3 is 0 Å². The summed E-state index contributed by atoms with van der Waals surface area (Å²) < 4.78 is 0. The molecule has 0 atom stereocenters. The molecule has 2 aromatic rings. The van der Waals surface area contributed by atoms with Crippen LogP contribution in [0.2, 0.25) is 0 Å². The molecule has 0 radical (unpaired) electrons. The summed E-state index contributed by atoms with van der Waals surface area (Å²) in [5.74, 6) is 0. The van der Waals surface area contributed by atoms with Crippen LogP contribution in [0.5, 0.6) is 0 Å². The van der Waals surface area contributed by atoms with Crippen molar-refractivity contribution in [1.82, 2.24) is 10.6 Å². The Morgan fingerprint density at radius 2 is 1.12 bits per heavy atom. The van der Waals surface area contributed by atoms with Crippen LogP contribution in [0.3, 0.4) is 0 Å². The predicted molar refractivity (Wildman–Crippen MR) is 102 cm³/mol. The minimum atomic E-state index is 0.669. The Morgan fingerprint density at radius 1 is 0.708 bits per heavy atom. The van der Waals surface area contributed by atoms with E-state index >= 15 is 0 Å². The molecule has 0 spiro atoms. The summed E-state index contributed by atoms with van der Waals surface area (Å²) in [5.41, 5.74) is 5.49. The van der Waals surface area contributed by atoms with Crippen LogP contribution in [0.15, 0.2) is 48.5 Å². The molecular weight excluding hydrogens is 292 g/mol. The summed E-state index contributed by atoms with van der Waals surface area (Å²) in [5, 5.41) is 7.48. The number of hydrogen-bond donors (Lipinski definition) is 2. The van der Waals surface area contributed by atoms with Gasteiger partial charge in [-0.15, -0.1) is 0 Å². The highest BCUT2D eigenvalue weighted by Gasteiger charge is 2.20. The maximum atomic E-state index is 3.74. The summed E-state index contributed by atoms with van der Waals surface area (Å²) in [6.07, 6.45) is 5.10. The molecular formula is C22H30N2. The molecule has 24 heavy (non-hydrogen) atoms. The van der Waals surface area contributed by atoms with E-state index in [-0.39, 0.29) is 0 Å². The van der Waals surface area contributed by atoms with Crippen molar-refractivity contribution in [2.75, 3.05) is 0 Å². The molecule has 0 saturated heterocycles. The highest BCUT2D eigenvalue weighted by atomic mass is 14.9. The van der Waals surface area contributed by atoms with Crippen molar-refractivity contribution in [2.24, 2.45) is 0 Å². The standard InChI is InChI=1S/C22H30N2/c1-17-5-3-7-19(13-17)15-23-21-9-11-22(12-10-21)24-16-20-8-4-6-18(2)14-20/h3-8,13-14,21-24H,9-12,15-16H2,1-2H3. The zero-order chi connectivity index (χ0) is 16.8. The topological polar surface area (TPSA) is 24.1 Å². The molecule has 3 rings (SSSR count). The summed E-state index contributed by atoms with van der Waals surface area (Å²) in [4.78, 5) is 0. The Bertz CT molecular complexity index is 584. The fraction of sp³-hybridized carbons (Fsp3) is 0.455. The van der Waals surface area contributed by atoms with E-state index in [9.17, 15) is 0 Å². The van der Waals surface area contributed by atoms with Crippen molar-refractivity contribution in [3.05, 3.63) is 70.8 Å². The average Bonchev–Trinajstić information content (AvgIpc) is 2.59.